The van der Waals surface area contributed by atoms with Gasteiger partial charge in [0.1, 0.15) is 0 Å². The Labute approximate surface area is 189 Å². The number of benzene rings is 1. The molecule has 2 amide bonds. The van der Waals surface area contributed by atoms with Crippen molar-refractivity contribution in [1.82, 2.24) is 9.80 Å². The minimum absolute atomic E-state index is 0.0716. The fourth-order valence-electron chi connectivity index (χ4n) is 6.89. The number of rotatable bonds is 5. The number of amides is 2. The zero-order valence-corrected chi connectivity index (χ0v) is 18.9. The molecule has 1 aromatic rings. The van der Waals surface area contributed by atoms with Gasteiger partial charge < -0.3 is 9.80 Å². The van der Waals surface area contributed by atoms with Gasteiger partial charge in [0.25, 0.3) is 0 Å². The largest absolute Gasteiger partial charge is 0.339 e. The third-order valence-electron chi connectivity index (χ3n) is 7.99. The maximum atomic E-state index is 13.5. The SMILES string of the molecule is N#Cc1ccc(CSCC(=O)N2CCN(C(=O)C34CC5CC(CC(C5)C3)C4)CC2)cc1. The topological polar surface area (TPSA) is 64.4 Å². The number of hydrogen-bond acceptors (Lipinski definition) is 4. The number of nitrogens with zero attached hydrogens (tertiary/aromatic N) is 3. The summed E-state index contributed by atoms with van der Waals surface area (Å²) >= 11 is 1.61. The predicted molar refractivity (Wildman–Crippen MR) is 121 cm³/mol. The summed E-state index contributed by atoms with van der Waals surface area (Å²) in [6, 6.07) is 9.66. The molecule has 6 rings (SSSR count). The van der Waals surface area contributed by atoms with Crippen LogP contribution in [-0.4, -0.2) is 53.5 Å². The molecule has 4 saturated carbocycles. The van der Waals surface area contributed by atoms with Crippen molar-refractivity contribution in [2.45, 2.75) is 44.3 Å². The number of thioether (sulfide) groups is 1. The van der Waals surface area contributed by atoms with Gasteiger partial charge in [-0.15, -0.1) is 11.8 Å². The van der Waals surface area contributed by atoms with Crippen LogP contribution in [0.3, 0.4) is 0 Å². The average molecular weight is 438 g/mol. The highest BCUT2D eigenvalue weighted by atomic mass is 32.2. The molecule has 1 saturated heterocycles. The van der Waals surface area contributed by atoms with Gasteiger partial charge in [-0.25, -0.2) is 0 Å². The second-order valence-electron chi connectivity index (χ2n) is 10.2. The van der Waals surface area contributed by atoms with E-state index in [9.17, 15) is 9.59 Å². The molecule has 5 aliphatic rings. The van der Waals surface area contributed by atoms with Crippen molar-refractivity contribution in [2.24, 2.45) is 23.2 Å². The summed E-state index contributed by atoms with van der Waals surface area (Å²) in [7, 11) is 0. The van der Waals surface area contributed by atoms with Crippen molar-refractivity contribution in [1.29, 1.82) is 5.26 Å². The number of hydrogen-bond donors (Lipinski definition) is 0. The van der Waals surface area contributed by atoms with Crippen LogP contribution in [0.25, 0.3) is 0 Å². The van der Waals surface area contributed by atoms with Gasteiger partial charge in [-0.3, -0.25) is 9.59 Å². The van der Waals surface area contributed by atoms with Gasteiger partial charge in [-0.05, 0) is 74.0 Å². The monoisotopic (exact) mass is 437 g/mol. The van der Waals surface area contributed by atoms with Gasteiger partial charge in [0, 0.05) is 31.9 Å². The standard InChI is InChI=1S/C25H31N3O2S/c26-15-18-1-3-19(4-2-18)16-31-17-23(29)27-5-7-28(8-6-27)24(30)25-12-20-9-21(13-25)11-22(10-20)14-25/h1-4,20-22H,5-14,16-17H2. The summed E-state index contributed by atoms with van der Waals surface area (Å²) in [5.41, 5.74) is 1.71. The lowest BCUT2D eigenvalue weighted by atomic mass is 9.49. The Morgan fingerprint density at radius 2 is 1.48 bits per heavy atom. The number of carbonyl (C=O) groups excluding carboxylic acids is 2. The van der Waals surface area contributed by atoms with E-state index in [-0.39, 0.29) is 11.3 Å². The lowest BCUT2D eigenvalue weighted by molar-refractivity contribution is -0.160. The normalized spacial score (nSPS) is 31.5. The highest BCUT2D eigenvalue weighted by Crippen LogP contribution is 2.60. The van der Waals surface area contributed by atoms with Crippen LogP contribution in [0.4, 0.5) is 0 Å². The van der Waals surface area contributed by atoms with Gasteiger partial charge in [-0.1, -0.05) is 12.1 Å². The number of carbonyl (C=O) groups is 2. The summed E-state index contributed by atoms with van der Waals surface area (Å²) < 4.78 is 0. The molecular weight excluding hydrogens is 406 g/mol. The summed E-state index contributed by atoms with van der Waals surface area (Å²) in [5.74, 6) is 4.14. The van der Waals surface area contributed by atoms with Crippen molar-refractivity contribution < 1.29 is 9.59 Å². The molecule has 4 aliphatic carbocycles. The van der Waals surface area contributed by atoms with Gasteiger partial charge in [-0.2, -0.15) is 5.26 Å². The Morgan fingerprint density at radius 1 is 0.935 bits per heavy atom. The van der Waals surface area contributed by atoms with Crippen LogP contribution in [0.2, 0.25) is 0 Å². The second kappa shape index (κ2) is 8.50. The van der Waals surface area contributed by atoms with Crippen LogP contribution < -0.4 is 0 Å². The number of piperazine rings is 1. The van der Waals surface area contributed by atoms with E-state index < -0.39 is 0 Å². The smallest absolute Gasteiger partial charge is 0.232 e. The fourth-order valence-corrected chi connectivity index (χ4v) is 7.78. The van der Waals surface area contributed by atoms with E-state index in [1.807, 2.05) is 29.2 Å². The number of nitriles is 1. The first-order valence-electron chi connectivity index (χ1n) is 11.7. The summed E-state index contributed by atoms with van der Waals surface area (Å²) in [6.45, 7) is 2.70. The molecule has 1 heterocycles. The molecule has 6 heteroatoms. The van der Waals surface area contributed by atoms with E-state index in [0.717, 1.165) is 48.3 Å². The molecule has 31 heavy (non-hydrogen) atoms. The quantitative estimate of drug-likeness (QED) is 0.705. The maximum absolute atomic E-state index is 13.5. The zero-order chi connectivity index (χ0) is 21.4. The van der Waals surface area contributed by atoms with Crippen molar-refractivity contribution in [3.8, 4) is 6.07 Å². The van der Waals surface area contributed by atoms with Crippen LogP contribution >= 0.6 is 11.8 Å². The van der Waals surface area contributed by atoms with Crippen LogP contribution in [0.15, 0.2) is 24.3 Å². The van der Waals surface area contributed by atoms with E-state index in [0.29, 0.717) is 43.4 Å². The summed E-state index contributed by atoms with van der Waals surface area (Å²) in [6.07, 6.45) is 7.41. The van der Waals surface area contributed by atoms with Gasteiger partial charge in [0.15, 0.2) is 0 Å². The molecule has 0 N–H and O–H groups in total. The lowest BCUT2D eigenvalue weighted by Gasteiger charge is -2.57. The summed E-state index contributed by atoms with van der Waals surface area (Å²) in [4.78, 5) is 30.1. The van der Waals surface area contributed by atoms with Gasteiger partial charge in [0.2, 0.25) is 11.8 Å². The summed E-state index contributed by atoms with van der Waals surface area (Å²) in [5, 5.41) is 8.87. The third kappa shape index (κ3) is 4.22. The van der Waals surface area contributed by atoms with E-state index in [2.05, 4.69) is 11.0 Å². The Bertz CT molecular complexity index is 848. The first kappa shape index (κ1) is 20.9. The van der Waals surface area contributed by atoms with E-state index in [1.165, 1.54) is 19.3 Å². The molecule has 5 nitrogen and oxygen atoms in total. The van der Waals surface area contributed by atoms with Crippen molar-refractivity contribution in [2.75, 3.05) is 31.9 Å². The zero-order valence-electron chi connectivity index (χ0n) is 18.1. The van der Waals surface area contributed by atoms with Crippen molar-refractivity contribution in [3.05, 3.63) is 35.4 Å². The molecule has 1 aliphatic heterocycles. The molecule has 164 valence electrons. The Morgan fingerprint density at radius 3 is 2.03 bits per heavy atom. The highest BCUT2D eigenvalue weighted by Gasteiger charge is 2.55. The average Bonchev–Trinajstić information content (AvgIpc) is 2.78. The minimum Gasteiger partial charge on any atom is -0.339 e. The van der Waals surface area contributed by atoms with E-state index in [4.69, 9.17) is 5.26 Å². The maximum Gasteiger partial charge on any atom is 0.232 e. The lowest BCUT2D eigenvalue weighted by Crippen LogP contribution is -2.58. The van der Waals surface area contributed by atoms with Crippen LogP contribution in [0.5, 0.6) is 0 Å². The third-order valence-corrected chi connectivity index (χ3v) is 8.98. The predicted octanol–water partition coefficient (Wildman–Crippen LogP) is 3.68. The molecule has 1 aromatic carbocycles. The van der Waals surface area contributed by atoms with E-state index in [1.54, 1.807) is 11.8 Å². The van der Waals surface area contributed by atoms with Crippen LogP contribution in [0.1, 0.15) is 49.7 Å². The van der Waals surface area contributed by atoms with Gasteiger partial charge in [0.05, 0.1) is 22.8 Å². The molecule has 4 bridgehead atoms. The molecular formula is C25H31N3O2S. The minimum atomic E-state index is -0.0716. The van der Waals surface area contributed by atoms with Crippen molar-refractivity contribution >= 4 is 23.6 Å². The second-order valence-corrected chi connectivity index (χ2v) is 11.2. The molecule has 0 aromatic heterocycles. The Hall–Kier alpha value is -2.00. The van der Waals surface area contributed by atoms with Crippen LogP contribution in [0, 0.1) is 34.5 Å². The molecule has 0 unspecified atom stereocenters. The molecule has 0 radical (unpaired) electrons. The first-order chi connectivity index (χ1) is 15.0. The van der Waals surface area contributed by atoms with Gasteiger partial charge >= 0.3 is 0 Å². The van der Waals surface area contributed by atoms with Crippen LogP contribution in [-0.2, 0) is 15.3 Å². The van der Waals surface area contributed by atoms with E-state index >= 15 is 0 Å². The Balaban J connectivity index is 1.09. The molecule has 0 spiro atoms. The van der Waals surface area contributed by atoms with Crippen molar-refractivity contribution in [3.63, 3.8) is 0 Å². The Kier molecular flexibility index (Phi) is 5.73. The first-order valence-corrected chi connectivity index (χ1v) is 12.8. The molecule has 5 fully saturated rings. The fraction of sp³-hybridized carbons (Fsp3) is 0.640. The molecule has 0 atom stereocenters. The highest BCUT2D eigenvalue weighted by molar-refractivity contribution is 7.99.